The van der Waals surface area contributed by atoms with Gasteiger partial charge in [-0.25, -0.2) is 9.30 Å². The first-order valence-corrected chi connectivity index (χ1v) is 7.08. The van der Waals surface area contributed by atoms with E-state index in [1.807, 2.05) is 51.1 Å². The number of hydrogen-bond acceptors (Lipinski definition) is 2. The van der Waals surface area contributed by atoms with Crippen molar-refractivity contribution in [2.75, 3.05) is 0 Å². The van der Waals surface area contributed by atoms with Crippen molar-refractivity contribution in [2.45, 2.75) is 39.8 Å². The molecule has 5 heteroatoms. The second kappa shape index (κ2) is 5.99. The molecule has 1 N–H and O–H groups in total. The highest BCUT2D eigenvalue weighted by Gasteiger charge is 2.25. The maximum absolute atomic E-state index is 12.4. The van der Waals surface area contributed by atoms with Gasteiger partial charge in [0, 0.05) is 6.92 Å². The van der Waals surface area contributed by atoms with Gasteiger partial charge in [-0.3, -0.25) is 4.79 Å². The Morgan fingerprint density at radius 2 is 1.86 bits per heavy atom. The summed E-state index contributed by atoms with van der Waals surface area (Å²) < 4.78 is 2.44. The fraction of sp³-hybridized carbons (Fsp3) is 0.375. The topological polar surface area (TPSA) is 61.0 Å². The van der Waals surface area contributed by atoms with Crippen molar-refractivity contribution in [3.05, 3.63) is 58.8 Å². The molecule has 0 saturated heterocycles. The van der Waals surface area contributed by atoms with E-state index in [2.05, 4.69) is 5.32 Å². The molecule has 5 nitrogen and oxygen atoms in total. The zero-order chi connectivity index (χ0) is 15.6. The molecule has 0 saturated carbocycles. The Kier molecular flexibility index (Phi) is 4.31. The molecule has 0 unspecified atom stereocenters. The summed E-state index contributed by atoms with van der Waals surface area (Å²) in [4.78, 5) is 12.4. The Morgan fingerprint density at radius 1 is 1.24 bits per heavy atom. The highest BCUT2D eigenvalue weighted by Crippen LogP contribution is 2.14. The zero-order valence-corrected chi connectivity index (χ0v) is 12.8. The molecule has 0 aliphatic rings. The van der Waals surface area contributed by atoms with Crippen LogP contribution in [0, 0.1) is 12.1 Å². The number of amides is 1. The highest BCUT2D eigenvalue weighted by atomic mass is 16.5. The van der Waals surface area contributed by atoms with E-state index in [-0.39, 0.29) is 23.7 Å². The van der Waals surface area contributed by atoms with Crippen LogP contribution in [0.4, 0.5) is 0 Å². The monoisotopic (exact) mass is 287 g/mol. The number of hydrogen-bond donors (Lipinski definition) is 1. The summed E-state index contributed by atoms with van der Waals surface area (Å²) >= 11 is 0. The van der Waals surface area contributed by atoms with Crippen LogP contribution in [-0.2, 0) is 0 Å². The fourth-order valence-corrected chi connectivity index (χ4v) is 2.41. The predicted octanol–water partition coefficient (Wildman–Crippen LogP) is 2.50. The molecule has 1 aromatic heterocycles. The van der Waals surface area contributed by atoms with E-state index in [9.17, 15) is 10.0 Å². The molecule has 21 heavy (non-hydrogen) atoms. The van der Waals surface area contributed by atoms with Gasteiger partial charge in [-0.05, 0) is 26.3 Å². The summed E-state index contributed by atoms with van der Waals surface area (Å²) in [5, 5.41) is 14.8. The lowest BCUT2D eigenvalue weighted by molar-refractivity contribution is -0.607. The van der Waals surface area contributed by atoms with Gasteiger partial charge in [-0.1, -0.05) is 30.3 Å². The predicted molar refractivity (Wildman–Crippen MR) is 80.8 cm³/mol. The second-order valence-corrected chi connectivity index (χ2v) is 5.48. The third kappa shape index (κ3) is 3.07. The Labute approximate surface area is 124 Å². The lowest BCUT2D eigenvalue weighted by Crippen LogP contribution is -2.38. The molecular formula is C16H21N3O2. The third-order valence-electron chi connectivity index (χ3n) is 3.60. The highest BCUT2D eigenvalue weighted by molar-refractivity contribution is 5.92. The van der Waals surface area contributed by atoms with E-state index in [1.165, 1.54) is 6.33 Å². The van der Waals surface area contributed by atoms with Gasteiger partial charge in [0.05, 0.1) is 12.1 Å². The molecule has 1 heterocycles. The molecule has 2 rings (SSSR count). The smallest absolute Gasteiger partial charge is 0.296 e. The maximum Gasteiger partial charge on any atom is 0.296 e. The molecular weight excluding hydrogens is 266 g/mol. The van der Waals surface area contributed by atoms with Crippen molar-refractivity contribution in [2.24, 2.45) is 0 Å². The van der Waals surface area contributed by atoms with Crippen molar-refractivity contribution < 1.29 is 9.52 Å². The van der Waals surface area contributed by atoms with E-state index >= 15 is 0 Å². The maximum atomic E-state index is 12.4. The van der Waals surface area contributed by atoms with Gasteiger partial charge < -0.3 is 10.5 Å². The minimum atomic E-state index is -0.349. The van der Waals surface area contributed by atoms with Crippen LogP contribution in [0.1, 0.15) is 54.6 Å². The number of benzene rings is 1. The van der Waals surface area contributed by atoms with E-state index in [4.69, 9.17) is 0 Å². The Bertz CT molecular complexity index is 632. The quantitative estimate of drug-likeness (QED) is 0.693. The van der Waals surface area contributed by atoms with Gasteiger partial charge in [0.25, 0.3) is 5.91 Å². The lowest BCUT2D eigenvalue weighted by atomic mass is 10.1. The number of carbonyl (C=O) groups excluding carboxylic acids is 1. The lowest BCUT2D eigenvalue weighted by Gasteiger charge is -2.14. The molecule has 0 bridgehead atoms. The van der Waals surface area contributed by atoms with Crippen molar-refractivity contribution in [3.8, 4) is 0 Å². The minimum Gasteiger partial charge on any atom is -0.710 e. The first-order valence-electron chi connectivity index (χ1n) is 7.08. The van der Waals surface area contributed by atoms with E-state index in [0.29, 0.717) is 10.4 Å². The van der Waals surface area contributed by atoms with Crippen molar-refractivity contribution >= 4 is 5.91 Å². The normalized spacial score (nSPS) is 12.4. The summed E-state index contributed by atoms with van der Waals surface area (Å²) in [5.74, 6) is -0.349. The molecule has 0 spiro atoms. The molecule has 112 valence electrons. The van der Waals surface area contributed by atoms with Gasteiger partial charge in [-0.2, -0.15) is 0 Å². The number of rotatable bonds is 4. The molecule has 0 fully saturated rings. The summed E-state index contributed by atoms with van der Waals surface area (Å²) in [6.07, 6.45) is 1.42. The molecule has 2 aromatic rings. The Balaban J connectivity index is 2.21. The van der Waals surface area contributed by atoms with Crippen LogP contribution in [0.5, 0.6) is 0 Å². The second-order valence-electron chi connectivity index (χ2n) is 5.48. The van der Waals surface area contributed by atoms with Crippen molar-refractivity contribution in [1.82, 2.24) is 9.88 Å². The Hall–Kier alpha value is -2.30. The van der Waals surface area contributed by atoms with Gasteiger partial charge >= 0.3 is 0 Å². The number of aromatic nitrogens is 2. The average molecular weight is 287 g/mol. The van der Waals surface area contributed by atoms with Crippen LogP contribution in [-0.4, -0.2) is 10.5 Å². The van der Waals surface area contributed by atoms with Crippen molar-refractivity contribution in [3.63, 3.8) is 0 Å². The summed E-state index contributed by atoms with van der Waals surface area (Å²) in [5.41, 5.74) is 1.84. The molecule has 1 atom stereocenters. The molecule has 0 aliphatic carbocycles. The number of nitrogens with one attached hydrogen (secondary N) is 1. The summed E-state index contributed by atoms with van der Waals surface area (Å²) in [7, 11) is 0. The number of carbonyl (C=O) groups is 1. The van der Waals surface area contributed by atoms with Gasteiger partial charge in [0.15, 0.2) is 5.69 Å². The molecule has 0 aliphatic heterocycles. The Morgan fingerprint density at radius 3 is 2.38 bits per heavy atom. The van der Waals surface area contributed by atoms with Crippen LogP contribution in [0.15, 0.2) is 36.7 Å². The van der Waals surface area contributed by atoms with Gasteiger partial charge in [0.2, 0.25) is 12.0 Å². The third-order valence-corrected chi connectivity index (χ3v) is 3.60. The first-order chi connectivity index (χ1) is 9.91. The SMILES string of the molecule is Cc1c(C(=O)N[C@@H](C)c2ccccc2)[n+]([O-])cn1C(C)C. The minimum absolute atomic E-state index is 0.137. The van der Waals surface area contributed by atoms with Crippen LogP contribution in [0.3, 0.4) is 0 Å². The van der Waals surface area contributed by atoms with Crippen molar-refractivity contribution in [1.29, 1.82) is 0 Å². The zero-order valence-electron chi connectivity index (χ0n) is 12.8. The average Bonchev–Trinajstić information content (AvgIpc) is 2.75. The van der Waals surface area contributed by atoms with E-state index in [1.54, 1.807) is 11.5 Å². The molecule has 0 radical (unpaired) electrons. The number of imidazole rings is 1. The van der Waals surface area contributed by atoms with Gasteiger partial charge in [-0.15, -0.1) is 0 Å². The van der Waals surface area contributed by atoms with E-state index in [0.717, 1.165) is 5.56 Å². The largest absolute Gasteiger partial charge is 0.710 e. The van der Waals surface area contributed by atoms with Crippen LogP contribution >= 0.6 is 0 Å². The fourth-order valence-electron chi connectivity index (χ4n) is 2.41. The molecule has 1 aromatic carbocycles. The standard InChI is InChI=1S/C16H21N3O2/c1-11(2)18-10-19(21)15(13(18)4)16(20)17-12(3)14-8-6-5-7-9-14/h5-12H,1-4H3,(H,17,20)/t12-/m0/s1. The van der Waals surface area contributed by atoms with Crippen LogP contribution in [0.2, 0.25) is 0 Å². The van der Waals surface area contributed by atoms with Gasteiger partial charge in [0.1, 0.15) is 0 Å². The summed E-state index contributed by atoms with van der Waals surface area (Å²) in [6, 6.07) is 9.65. The van der Waals surface area contributed by atoms with Crippen LogP contribution in [0.25, 0.3) is 0 Å². The number of nitrogens with zero attached hydrogens (tertiary/aromatic N) is 2. The van der Waals surface area contributed by atoms with Crippen LogP contribution < -0.4 is 10.0 Å². The molecule has 1 amide bonds. The van der Waals surface area contributed by atoms with E-state index < -0.39 is 0 Å². The summed E-state index contributed by atoms with van der Waals surface area (Å²) in [6.45, 7) is 7.64. The first kappa shape index (κ1) is 15.1.